The van der Waals surface area contributed by atoms with Crippen molar-refractivity contribution in [3.8, 4) is 0 Å². The fourth-order valence-corrected chi connectivity index (χ4v) is 3.11. The van der Waals surface area contributed by atoms with E-state index in [1.165, 1.54) is 17.7 Å². The summed E-state index contributed by atoms with van der Waals surface area (Å²) in [6.07, 6.45) is 1.53. The van der Waals surface area contributed by atoms with Gasteiger partial charge in [0, 0.05) is 24.5 Å². The molecule has 4 nitrogen and oxygen atoms in total. The molecule has 2 aromatic heterocycles. The molecule has 1 aliphatic heterocycles. The second kappa shape index (κ2) is 4.56. The van der Waals surface area contributed by atoms with Crippen molar-refractivity contribution in [3.05, 3.63) is 46.1 Å². The van der Waals surface area contributed by atoms with E-state index in [4.69, 9.17) is 4.42 Å². The van der Waals surface area contributed by atoms with Crippen LogP contribution in [-0.4, -0.2) is 21.9 Å². The number of carbonyl (C=O) groups is 1. The van der Waals surface area contributed by atoms with Crippen LogP contribution < -0.4 is 0 Å². The summed E-state index contributed by atoms with van der Waals surface area (Å²) in [6.45, 7) is 5.73. The Hall–Kier alpha value is -1.49. The standard InChI is InChI=1S/C14H15BrN2O2/c1-9-3-4-12-10(2)17(7-6-16(9)12)14(18)11-5-8-19-13(11)15/h3-5,8,10H,6-7H2,1-2H3. The van der Waals surface area contributed by atoms with Crippen LogP contribution in [0.1, 0.15) is 34.7 Å². The number of nitrogens with zero attached hydrogens (tertiary/aromatic N) is 2. The van der Waals surface area contributed by atoms with E-state index in [9.17, 15) is 4.79 Å². The molecule has 0 radical (unpaired) electrons. The molecule has 0 fully saturated rings. The first-order valence-corrected chi connectivity index (χ1v) is 7.09. The van der Waals surface area contributed by atoms with Gasteiger partial charge in [-0.05, 0) is 48.0 Å². The predicted molar refractivity (Wildman–Crippen MR) is 75.0 cm³/mol. The number of aromatic nitrogens is 1. The highest BCUT2D eigenvalue weighted by atomic mass is 79.9. The molecule has 1 atom stereocenters. The molecule has 1 unspecified atom stereocenters. The maximum atomic E-state index is 12.5. The van der Waals surface area contributed by atoms with E-state index in [2.05, 4.69) is 46.5 Å². The Labute approximate surface area is 120 Å². The summed E-state index contributed by atoms with van der Waals surface area (Å²) < 4.78 is 7.93. The predicted octanol–water partition coefficient (Wildman–Crippen LogP) is 3.37. The molecule has 0 saturated carbocycles. The van der Waals surface area contributed by atoms with Gasteiger partial charge in [0.05, 0.1) is 17.9 Å². The number of halogens is 1. The lowest BCUT2D eigenvalue weighted by atomic mass is 10.1. The van der Waals surface area contributed by atoms with Crippen LogP contribution in [-0.2, 0) is 6.54 Å². The van der Waals surface area contributed by atoms with Gasteiger partial charge < -0.3 is 13.9 Å². The molecule has 2 aromatic rings. The lowest BCUT2D eigenvalue weighted by Crippen LogP contribution is -2.41. The van der Waals surface area contributed by atoms with Gasteiger partial charge in [-0.15, -0.1) is 0 Å². The normalized spacial score (nSPS) is 18.5. The van der Waals surface area contributed by atoms with E-state index < -0.39 is 0 Å². The third kappa shape index (κ3) is 1.92. The second-order valence-corrected chi connectivity index (χ2v) is 5.55. The fraction of sp³-hybridized carbons (Fsp3) is 0.357. The molecule has 19 heavy (non-hydrogen) atoms. The van der Waals surface area contributed by atoms with Crippen LogP contribution in [0, 0.1) is 6.92 Å². The molecule has 5 heteroatoms. The lowest BCUT2D eigenvalue weighted by molar-refractivity contribution is 0.0641. The second-order valence-electron chi connectivity index (χ2n) is 4.83. The van der Waals surface area contributed by atoms with Crippen molar-refractivity contribution in [1.82, 2.24) is 9.47 Å². The van der Waals surface area contributed by atoms with Gasteiger partial charge >= 0.3 is 0 Å². The fourth-order valence-electron chi connectivity index (χ4n) is 2.70. The largest absolute Gasteiger partial charge is 0.457 e. The number of amides is 1. The zero-order valence-electron chi connectivity index (χ0n) is 10.9. The van der Waals surface area contributed by atoms with Crippen molar-refractivity contribution in [2.45, 2.75) is 26.4 Å². The minimum absolute atomic E-state index is 0.0122. The van der Waals surface area contributed by atoms with Crippen molar-refractivity contribution < 1.29 is 9.21 Å². The van der Waals surface area contributed by atoms with Crippen molar-refractivity contribution >= 4 is 21.8 Å². The molecule has 0 aromatic carbocycles. The van der Waals surface area contributed by atoms with Gasteiger partial charge in [-0.1, -0.05) is 0 Å². The average Bonchev–Trinajstić information content (AvgIpc) is 2.97. The van der Waals surface area contributed by atoms with Crippen LogP contribution in [0.2, 0.25) is 0 Å². The van der Waals surface area contributed by atoms with E-state index in [-0.39, 0.29) is 11.9 Å². The molecule has 0 N–H and O–H groups in total. The van der Waals surface area contributed by atoms with Gasteiger partial charge in [0.2, 0.25) is 0 Å². The quantitative estimate of drug-likeness (QED) is 0.807. The summed E-state index contributed by atoms with van der Waals surface area (Å²) in [7, 11) is 0. The number of rotatable bonds is 1. The topological polar surface area (TPSA) is 38.4 Å². The Morgan fingerprint density at radius 1 is 1.37 bits per heavy atom. The summed E-state index contributed by atoms with van der Waals surface area (Å²) in [5.74, 6) is 0.0122. The Morgan fingerprint density at radius 3 is 2.84 bits per heavy atom. The first-order chi connectivity index (χ1) is 9.09. The van der Waals surface area contributed by atoms with Crippen molar-refractivity contribution in [2.24, 2.45) is 0 Å². The van der Waals surface area contributed by atoms with Gasteiger partial charge in [0.1, 0.15) is 0 Å². The molecule has 1 amide bonds. The summed E-state index contributed by atoms with van der Waals surface area (Å²) in [5, 5.41) is 0. The van der Waals surface area contributed by atoms with E-state index in [0.29, 0.717) is 10.2 Å². The number of aryl methyl sites for hydroxylation is 1. The van der Waals surface area contributed by atoms with Crippen LogP contribution in [0.25, 0.3) is 0 Å². The highest BCUT2D eigenvalue weighted by Gasteiger charge is 2.30. The highest BCUT2D eigenvalue weighted by Crippen LogP contribution is 2.30. The van der Waals surface area contributed by atoms with E-state index in [0.717, 1.165) is 13.1 Å². The number of carbonyl (C=O) groups excluding carboxylic acids is 1. The van der Waals surface area contributed by atoms with Gasteiger partial charge in [-0.2, -0.15) is 0 Å². The minimum Gasteiger partial charge on any atom is -0.457 e. The van der Waals surface area contributed by atoms with Crippen molar-refractivity contribution in [1.29, 1.82) is 0 Å². The van der Waals surface area contributed by atoms with Gasteiger partial charge in [0.25, 0.3) is 5.91 Å². The van der Waals surface area contributed by atoms with E-state index in [1.807, 2.05) is 4.90 Å². The maximum absolute atomic E-state index is 12.5. The molecule has 100 valence electrons. The summed E-state index contributed by atoms with van der Waals surface area (Å²) in [4.78, 5) is 14.4. The van der Waals surface area contributed by atoms with E-state index in [1.54, 1.807) is 6.07 Å². The van der Waals surface area contributed by atoms with Gasteiger partial charge in [0.15, 0.2) is 4.67 Å². The van der Waals surface area contributed by atoms with Crippen LogP contribution in [0.15, 0.2) is 33.5 Å². The van der Waals surface area contributed by atoms with Crippen molar-refractivity contribution in [2.75, 3.05) is 6.54 Å². The highest BCUT2D eigenvalue weighted by molar-refractivity contribution is 9.10. The molecule has 3 rings (SSSR count). The zero-order chi connectivity index (χ0) is 13.6. The van der Waals surface area contributed by atoms with Crippen LogP contribution in [0.4, 0.5) is 0 Å². The molecule has 1 aliphatic rings. The Morgan fingerprint density at radius 2 is 2.16 bits per heavy atom. The minimum atomic E-state index is 0.0122. The summed E-state index contributed by atoms with van der Waals surface area (Å²) in [5.41, 5.74) is 3.03. The first-order valence-electron chi connectivity index (χ1n) is 6.29. The molecule has 3 heterocycles. The van der Waals surface area contributed by atoms with Crippen LogP contribution in [0.5, 0.6) is 0 Å². The first kappa shape index (κ1) is 12.5. The smallest absolute Gasteiger partial charge is 0.258 e. The summed E-state index contributed by atoms with van der Waals surface area (Å²) >= 11 is 3.27. The van der Waals surface area contributed by atoms with Gasteiger partial charge in [-0.25, -0.2) is 0 Å². The monoisotopic (exact) mass is 322 g/mol. The maximum Gasteiger partial charge on any atom is 0.258 e. The number of hydrogen-bond donors (Lipinski definition) is 0. The molecular weight excluding hydrogens is 308 g/mol. The van der Waals surface area contributed by atoms with Crippen LogP contribution in [0.3, 0.4) is 0 Å². The molecular formula is C14H15BrN2O2. The number of hydrogen-bond acceptors (Lipinski definition) is 2. The number of furan rings is 1. The van der Waals surface area contributed by atoms with Gasteiger partial charge in [-0.3, -0.25) is 4.79 Å². The molecule has 0 saturated heterocycles. The third-order valence-corrected chi connectivity index (χ3v) is 4.42. The zero-order valence-corrected chi connectivity index (χ0v) is 12.5. The Balaban J connectivity index is 1.92. The SMILES string of the molecule is Cc1ccc2n1CCN(C(=O)c1ccoc1Br)C2C. The van der Waals surface area contributed by atoms with Crippen molar-refractivity contribution in [3.63, 3.8) is 0 Å². The average molecular weight is 323 g/mol. The van der Waals surface area contributed by atoms with Crippen LogP contribution >= 0.6 is 15.9 Å². The Bertz CT molecular complexity index is 629. The molecule has 0 spiro atoms. The lowest BCUT2D eigenvalue weighted by Gasteiger charge is -2.35. The van der Waals surface area contributed by atoms with E-state index >= 15 is 0 Å². The molecule has 0 bridgehead atoms. The Kier molecular flexibility index (Phi) is 3.01. The molecule has 0 aliphatic carbocycles. The third-order valence-electron chi connectivity index (χ3n) is 3.80. The summed E-state index contributed by atoms with van der Waals surface area (Å²) in [6, 6.07) is 5.99. The number of fused-ring (bicyclic) bond motifs is 1.